The number of aromatic nitrogens is 3. The molecule has 3 aromatic rings. The lowest BCUT2D eigenvalue weighted by molar-refractivity contribution is 0.102. The Morgan fingerprint density at radius 2 is 1.96 bits per heavy atom. The van der Waals surface area contributed by atoms with Crippen molar-refractivity contribution in [3.8, 4) is 0 Å². The molecule has 1 amide bonds. The van der Waals surface area contributed by atoms with Crippen LogP contribution >= 0.6 is 0 Å². The molecule has 0 radical (unpaired) electrons. The first-order valence-electron chi connectivity index (χ1n) is 8.68. The van der Waals surface area contributed by atoms with Crippen LogP contribution in [0.25, 0.3) is 0 Å². The second kappa shape index (κ2) is 6.75. The highest BCUT2D eigenvalue weighted by molar-refractivity contribution is 7.92. The number of amides is 1. The van der Waals surface area contributed by atoms with Crippen molar-refractivity contribution in [2.75, 3.05) is 22.4 Å². The van der Waals surface area contributed by atoms with Gasteiger partial charge in [0.1, 0.15) is 12.2 Å². The van der Waals surface area contributed by atoms with Crippen LogP contribution in [0.5, 0.6) is 0 Å². The first-order chi connectivity index (χ1) is 13.3. The van der Waals surface area contributed by atoms with E-state index in [4.69, 9.17) is 0 Å². The number of carbonyl (C=O) groups excluding carboxylic acids is 1. The molecule has 2 aromatic carbocycles. The minimum Gasteiger partial charge on any atom is -0.322 e. The Hall–Kier alpha value is -3.20. The Labute approximate surface area is 162 Å². The number of hydrogen-bond acceptors (Lipinski definition) is 5. The minimum atomic E-state index is -3.45. The van der Waals surface area contributed by atoms with Gasteiger partial charge in [-0.25, -0.2) is 13.4 Å². The van der Waals surface area contributed by atoms with Crippen molar-refractivity contribution in [3.05, 3.63) is 71.3 Å². The number of nitrogens with zero attached hydrogens (tertiary/aromatic N) is 3. The molecule has 1 atom stereocenters. The number of aryl methyl sites for hydroxylation is 1. The number of nitrogens with one attached hydrogen (secondary N) is 2. The maximum atomic E-state index is 12.7. The summed E-state index contributed by atoms with van der Waals surface area (Å²) in [7, 11) is -3.45. The first kappa shape index (κ1) is 18.2. The molecular formula is C19H19N5O3S. The van der Waals surface area contributed by atoms with E-state index < -0.39 is 10.0 Å². The Morgan fingerprint density at radius 1 is 1.21 bits per heavy atom. The van der Waals surface area contributed by atoms with Crippen molar-refractivity contribution in [3.63, 3.8) is 0 Å². The smallest absolute Gasteiger partial charge is 0.255 e. The van der Waals surface area contributed by atoms with E-state index in [-0.39, 0.29) is 18.4 Å². The van der Waals surface area contributed by atoms with E-state index in [1.807, 2.05) is 31.2 Å². The molecule has 1 aliphatic rings. The molecule has 1 aliphatic heterocycles. The molecule has 0 fully saturated rings. The van der Waals surface area contributed by atoms with Gasteiger partial charge in [0, 0.05) is 17.8 Å². The Bertz CT molecular complexity index is 1120. The maximum absolute atomic E-state index is 12.7. The van der Waals surface area contributed by atoms with Crippen LogP contribution in [0.2, 0.25) is 0 Å². The van der Waals surface area contributed by atoms with Crippen LogP contribution in [0.1, 0.15) is 33.2 Å². The van der Waals surface area contributed by atoms with Crippen molar-refractivity contribution in [1.82, 2.24) is 15.2 Å². The fourth-order valence-electron chi connectivity index (χ4n) is 3.34. The molecule has 144 valence electrons. The number of anilines is 2. The summed E-state index contributed by atoms with van der Waals surface area (Å²) < 4.78 is 25.7. The second-order valence-corrected chi connectivity index (χ2v) is 8.72. The van der Waals surface area contributed by atoms with E-state index in [0.717, 1.165) is 17.4 Å². The van der Waals surface area contributed by atoms with E-state index >= 15 is 0 Å². The van der Waals surface area contributed by atoms with Crippen molar-refractivity contribution in [2.45, 2.75) is 12.8 Å². The molecule has 2 heterocycles. The molecule has 2 N–H and O–H groups in total. The van der Waals surface area contributed by atoms with Crippen LogP contribution in [0.4, 0.5) is 11.4 Å². The third kappa shape index (κ3) is 3.36. The summed E-state index contributed by atoms with van der Waals surface area (Å²) in [6.45, 7) is 2.19. The minimum absolute atomic E-state index is 0.215. The van der Waals surface area contributed by atoms with Gasteiger partial charge in [-0.2, -0.15) is 5.10 Å². The van der Waals surface area contributed by atoms with E-state index in [2.05, 4.69) is 20.5 Å². The highest BCUT2D eigenvalue weighted by Gasteiger charge is 2.36. The summed E-state index contributed by atoms with van der Waals surface area (Å²) in [6.07, 6.45) is 2.55. The van der Waals surface area contributed by atoms with Gasteiger partial charge in [0.15, 0.2) is 0 Å². The van der Waals surface area contributed by atoms with Gasteiger partial charge in [-0.05, 0) is 42.8 Å². The van der Waals surface area contributed by atoms with Crippen molar-refractivity contribution < 1.29 is 13.2 Å². The van der Waals surface area contributed by atoms with Gasteiger partial charge >= 0.3 is 0 Å². The fraction of sp³-hybridized carbons (Fsp3) is 0.211. The Balaban J connectivity index is 1.70. The SMILES string of the molecule is Cc1ccc(NC(=O)c2ccc3c(c2)[C@H](c2ncn[nH]2)CN3S(C)(=O)=O)cc1. The van der Waals surface area contributed by atoms with Crippen molar-refractivity contribution >= 4 is 27.3 Å². The van der Waals surface area contributed by atoms with E-state index in [1.165, 1.54) is 10.6 Å². The van der Waals surface area contributed by atoms with Crippen LogP contribution < -0.4 is 9.62 Å². The van der Waals surface area contributed by atoms with Crippen LogP contribution in [-0.2, 0) is 10.0 Å². The number of hydrogen-bond donors (Lipinski definition) is 2. The molecule has 0 spiro atoms. The molecule has 0 aliphatic carbocycles. The number of rotatable bonds is 4. The average Bonchev–Trinajstić information content (AvgIpc) is 3.29. The molecule has 8 nitrogen and oxygen atoms in total. The summed E-state index contributed by atoms with van der Waals surface area (Å²) in [6, 6.07) is 12.5. The zero-order valence-corrected chi connectivity index (χ0v) is 16.2. The zero-order chi connectivity index (χ0) is 19.9. The Morgan fingerprint density at radius 3 is 2.61 bits per heavy atom. The standard InChI is InChI=1S/C19H19N5O3S/c1-12-3-6-14(7-4-12)22-19(25)13-5-8-17-15(9-13)16(18-20-11-21-23-18)10-24(17)28(2,26)27/h3-9,11,16H,10H2,1-2H3,(H,22,25)(H,20,21,23)/t16-/m1/s1. The summed E-state index contributed by atoms with van der Waals surface area (Å²) in [5.41, 5.74) is 3.51. The first-order valence-corrected chi connectivity index (χ1v) is 10.5. The van der Waals surface area contributed by atoms with E-state index in [1.54, 1.807) is 18.2 Å². The number of benzene rings is 2. The van der Waals surface area contributed by atoms with Gasteiger partial charge in [-0.15, -0.1) is 0 Å². The molecular weight excluding hydrogens is 378 g/mol. The van der Waals surface area contributed by atoms with Crippen LogP contribution in [-0.4, -0.2) is 42.3 Å². The quantitative estimate of drug-likeness (QED) is 0.702. The predicted molar refractivity (Wildman–Crippen MR) is 106 cm³/mol. The summed E-state index contributed by atoms with van der Waals surface area (Å²) >= 11 is 0. The molecule has 0 bridgehead atoms. The topological polar surface area (TPSA) is 108 Å². The molecule has 0 saturated heterocycles. The van der Waals surface area contributed by atoms with Gasteiger partial charge in [-0.1, -0.05) is 17.7 Å². The number of sulfonamides is 1. The van der Waals surface area contributed by atoms with Gasteiger partial charge < -0.3 is 5.32 Å². The predicted octanol–water partition coefficient (Wildman–Crippen LogP) is 2.28. The number of aromatic amines is 1. The molecule has 9 heteroatoms. The van der Waals surface area contributed by atoms with E-state index in [0.29, 0.717) is 22.8 Å². The van der Waals surface area contributed by atoms with Crippen LogP contribution in [0.3, 0.4) is 0 Å². The third-order valence-corrected chi connectivity index (χ3v) is 5.90. The van der Waals surface area contributed by atoms with E-state index in [9.17, 15) is 13.2 Å². The second-order valence-electron chi connectivity index (χ2n) is 6.81. The fourth-order valence-corrected chi connectivity index (χ4v) is 4.28. The van der Waals surface area contributed by atoms with Gasteiger partial charge in [0.05, 0.1) is 17.9 Å². The molecule has 28 heavy (non-hydrogen) atoms. The maximum Gasteiger partial charge on any atom is 0.255 e. The average molecular weight is 397 g/mol. The summed E-state index contributed by atoms with van der Waals surface area (Å²) in [5.74, 6) is -0.0244. The molecule has 1 aromatic heterocycles. The lowest BCUT2D eigenvalue weighted by Crippen LogP contribution is -2.29. The lowest BCUT2D eigenvalue weighted by atomic mass is 9.98. The number of fused-ring (bicyclic) bond motifs is 1. The largest absolute Gasteiger partial charge is 0.322 e. The zero-order valence-electron chi connectivity index (χ0n) is 15.4. The van der Waals surface area contributed by atoms with Crippen molar-refractivity contribution in [2.24, 2.45) is 0 Å². The van der Waals surface area contributed by atoms with Gasteiger partial charge in [0.2, 0.25) is 10.0 Å². The van der Waals surface area contributed by atoms with Crippen LogP contribution in [0, 0.1) is 6.92 Å². The van der Waals surface area contributed by atoms with Crippen molar-refractivity contribution in [1.29, 1.82) is 0 Å². The molecule has 4 rings (SSSR count). The van der Waals surface area contributed by atoms with Gasteiger partial charge in [-0.3, -0.25) is 14.2 Å². The normalized spacial score (nSPS) is 16.1. The third-order valence-electron chi connectivity index (χ3n) is 4.76. The number of carbonyl (C=O) groups is 1. The summed E-state index contributed by atoms with van der Waals surface area (Å²) in [4.78, 5) is 16.9. The monoisotopic (exact) mass is 397 g/mol. The lowest BCUT2D eigenvalue weighted by Gasteiger charge is -2.16. The van der Waals surface area contributed by atoms with Crippen LogP contribution in [0.15, 0.2) is 48.8 Å². The molecule has 0 saturated carbocycles. The Kier molecular flexibility index (Phi) is 4.38. The van der Waals surface area contributed by atoms with Gasteiger partial charge in [0.25, 0.3) is 5.91 Å². The highest BCUT2D eigenvalue weighted by atomic mass is 32.2. The highest BCUT2D eigenvalue weighted by Crippen LogP contribution is 2.40. The number of H-pyrrole nitrogens is 1. The summed E-state index contributed by atoms with van der Waals surface area (Å²) in [5, 5.41) is 9.53. The molecule has 0 unspecified atom stereocenters.